The summed E-state index contributed by atoms with van der Waals surface area (Å²) in [5, 5.41) is 24.6. The minimum Gasteiger partial charge on any atom is -0.505 e. The lowest BCUT2D eigenvalue weighted by atomic mass is 9.99. The van der Waals surface area contributed by atoms with Gasteiger partial charge in [-0.2, -0.15) is 40.2 Å². The molecule has 274 valence electrons. The molecular weight excluding hydrogens is 766 g/mol. The number of nitrogens with zero attached hydrogens (tertiary/aromatic N) is 6. The lowest BCUT2D eigenvalue weighted by Crippen LogP contribution is -2.45. The molecule has 0 aliphatic carbocycles. The van der Waals surface area contributed by atoms with Crippen LogP contribution >= 0.6 is 11.6 Å². The van der Waals surface area contributed by atoms with E-state index in [4.69, 9.17) is 17.3 Å². The molecule has 0 radical (unpaired) electrons. The molecule has 1 fully saturated rings. The Kier molecular flexibility index (Phi) is 10.0. The van der Waals surface area contributed by atoms with Crippen molar-refractivity contribution in [1.29, 1.82) is 0 Å². The molecule has 0 spiro atoms. The number of rotatable bonds is 10. The van der Waals surface area contributed by atoms with Gasteiger partial charge in [0.1, 0.15) is 20.4 Å². The summed E-state index contributed by atoms with van der Waals surface area (Å²) in [6.45, 7) is 3.38. The van der Waals surface area contributed by atoms with Crippen LogP contribution in [0.15, 0.2) is 73.4 Å². The first-order chi connectivity index (χ1) is 24.4. The lowest BCUT2D eigenvalue weighted by Gasteiger charge is -2.27. The second-order valence-electron chi connectivity index (χ2n) is 11.3. The molecule has 19 nitrogen and oxygen atoms in total. The average molecular weight is 794 g/mol. The third kappa shape index (κ3) is 7.46. The van der Waals surface area contributed by atoms with Crippen molar-refractivity contribution in [3.05, 3.63) is 53.8 Å². The Morgan fingerprint density at radius 1 is 0.827 bits per heavy atom. The van der Waals surface area contributed by atoms with Crippen LogP contribution in [0.5, 0.6) is 5.75 Å². The summed E-state index contributed by atoms with van der Waals surface area (Å²) in [7, 11) is -15.4. The first-order valence-corrected chi connectivity index (χ1v) is 19.7. The van der Waals surface area contributed by atoms with Gasteiger partial charge in [0.25, 0.3) is 30.4 Å². The Labute approximate surface area is 300 Å². The molecule has 1 aromatic heterocycles. The second kappa shape index (κ2) is 14.1. The van der Waals surface area contributed by atoms with Gasteiger partial charge in [0.15, 0.2) is 17.3 Å². The van der Waals surface area contributed by atoms with E-state index < -0.39 is 62.2 Å². The quantitative estimate of drug-likeness (QED) is 0.0606. The Hall–Kier alpha value is -4.65. The number of nitrogens with two attached hydrogens (primary N) is 1. The molecule has 0 bridgehead atoms. The van der Waals surface area contributed by atoms with E-state index in [1.54, 1.807) is 0 Å². The summed E-state index contributed by atoms with van der Waals surface area (Å²) in [6.07, 6.45) is 0. The number of nitrogen functional groups attached to an aromatic ring is 1. The van der Waals surface area contributed by atoms with Gasteiger partial charge in [-0.25, -0.2) is 0 Å². The Bertz CT molecular complexity index is 2600. The maximum Gasteiger partial charge on any atom is 0.298 e. The van der Waals surface area contributed by atoms with Crippen LogP contribution in [-0.2, 0) is 30.4 Å². The van der Waals surface area contributed by atoms with Crippen molar-refractivity contribution >= 4 is 86.5 Å². The number of aromatic hydroxyl groups is 1. The van der Waals surface area contributed by atoms with Crippen molar-refractivity contribution in [2.24, 2.45) is 10.2 Å². The Morgan fingerprint density at radius 3 is 2.15 bits per heavy atom. The van der Waals surface area contributed by atoms with Gasteiger partial charge in [0.2, 0.25) is 11.2 Å². The van der Waals surface area contributed by atoms with Crippen LogP contribution in [0.25, 0.3) is 32.9 Å². The first kappa shape index (κ1) is 37.1. The van der Waals surface area contributed by atoms with E-state index in [0.717, 1.165) is 43.4 Å². The number of fused-ring (bicyclic) bond motifs is 2. The number of anilines is 2. The molecule has 2 heterocycles. The maximum atomic E-state index is 13.2. The Balaban J connectivity index is 1.62. The second-order valence-corrected chi connectivity index (χ2v) is 15.8. The molecule has 52 heavy (non-hydrogen) atoms. The topological polar surface area (TPSA) is 300 Å². The standard InChI is InChI=1S/C29H28ClN9O10S3/c30-28-34-27(35-29(31)36-28)18-5-1-4-17-21(18)22(33-11-14-39-12-9-32-10-13-39)26(52(47,48)49)23(24(17)40)38-37-19-8-7-15-16(25(19)51(44,45)46)3-2-6-20(15)50(41,42)43/h1-8,32-33,40H,9-14H2,(H,41,42,43)(H,44,45,46)(H,47,48,49)(H2,31,34,35,36). The molecular formula is C29H28ClN9O10S3. The maximum absolute atomic E-state index is 13.2. The summed E-state index contributed by atoms with van der Waals surface area (Å²) < 4.78 is 106. The zero-order valence-corrected chi connectivity index (χ0v) is 29.7. The van der Waals surface area contributed by atoms with Crippen LogP contribution < -0.4 is 16.4 Å². The fourth-order valence-corrected chi connectivity index (χ4v) is 8.43. The van der Waals surface area contributed by atoms with Gasteiger partial charge < -0.3 is 21.5 Å². The number of phenolic OH excluding ortho intramolecular Hbond substituents is 1. The van der Waals surface area contributed by atoms with Gasteiger partial charge in [-0.1, -0.05) is 36.4 Å². The lowest BCUT2D eigenvalue weighted by molar-refractivity contribution is 0.249. The molecule has 5 aromatic rings. The van der Waals surface area contributed by atoms with E-state index in [1.807, 2.05) is 0 Å². The van der Waals surface area contributed by atoms with Gasteiger partial charge >= 0.3 is 0 Å². The molecule has 8 N–H and O–H groups in total. The largest absolute Gasteiger partial charge is 0.505 e. The fraction of sp³-hybridized carbons (Fsp3) is 0.207. The third-order valence-electron chi connectivity index (χ3n) is 8.04. The molecule has 4 aromatic carbocycles. The number of hydrogen-bond acceptors (Lipinski definition) is 16. The third-order valence-corrected chi connectivity index (χ3v) is 11.0. The van der Waals surface area contributed by atoms with Gasteiger partial charge in [0, 0.05) is 66.4 Å². The molecule has 0 unspecified atom stereocenters. The summed E-state index contributed by atoms with van der Waals surface area (Å²) >= 11 is 6.05. The van der Waals surface area contributed by atoms with Gasteiger partial charge in [0.05, 0.1) is 5.69 Å². The molecule has 1 aliphatic rings. The molecule has 0 saturated carbocycles. The van der Waals surface area contributed by atoms with Crippen molar-refractivity contribution in [3.8, 4) is 17.1 Å². The van der Waals surface area contributed by atoms with Crippen LogP contribution in [0.3, 0.4) is 0 Å². The molecule has 1 saturated heterocycles. The monoisotopic (exact) mass is 793 g/mol. The summed E-state index contributed by atoms with van der Waals surface area (Å²) in [4.78, 5) is 11.5. The van der Waals surface area contributed by atoms with Crippen LogP contribution in [-0.4, -0.2) is 103 Å². The van der Waals surface area contributed by atoms with Gasteiger partial charge in [-0.15, -0.1) is 10.2 Å². The molecule has 1 aliphatic heterocycles. The number of aromatic nitrogens is 3. The minimum absolute atomic E-state index is 0.00405. The van der Waals surface area contributed by atoms with Crippen LogP contribution in [0.1, 0.15) is 0 Å². The number of hydrogen-bond donors (Lipinski definition) is 7. The summed E-state index contributed by atoms with van der Waals surface area (Å²) in [6, 6.07) is 9.60. The molecule has 0 amide bonds. The Morgan fingerprint density at radius 2 is 1.50 bits per heavy atom. The smallest absolute Gasteiger partial charge is 0.298 e. The van der Waals surface area contributed by atoms with E-state index in [1.165, 1.54) is 18.2 Å². The van der Waals surface area contributed by atoms with E-state index in [2.05, 4.69) is 40.7 Å². The molecule has 23 heteroatoms. The number of phenols is 1. The zero-order chi connectivity index (χ0) is 37.6. The first-order valence-electron chi connectivity index (χ1n) is 15.0. The zero-order valence-electron chi connectivity index (χ0n) is 26.5. The number of nitrogens with one attached hydrogen (secondary N) is 2. The van der Waals surface area contributed by atoms with Crippen LogP contribution in [0.2, 0.25) is 5.28 Å². The number of halogens is 1. The SMILES string of the molecule is Nc1nc(Cl)nc(-c2cccc3c(O)c(N=Nc4ccc5c(S(=O)(=O)O)cccc5c4S(=O)(=O)O)c(S(=O)(=O)O)c(NCCN4CCNCC4)c23)n1. The van der Waals surface area contributed by atoms with Gasteiger partial charge in [-0.05, 0) is 23.7 Å². The minimum atomic E-state index is -5.31. The van der Waals surface area contributed by atoms with Crippen LogP contribution in [0.4, 0.5) is 23.0 Å². The van der Waals surface area contributed by atoms with Crippen molar-refractivity contribution in [1.82, 2.24) is 25.2 Å². The van der Waals surface area contributed by atoms with Crippen LogP contribution in [0, 0.1) is 0 Å². The highest BCUT2D eigenvalue weighted by Gasteiger charge is 2.31. The van der Waals surface area contributed by atoms with Crippen molar-refractivity contribution in [2.75, 3.05) is 50.3 Å². The normalized spacial score (nSPS) is 14.8. The number of benzene rings is 4. The molecule has 0 atom stereocenters. The number of azo groups is 1. The van der Waals surface area contributed by atoms with E-state index >= 15 is 0 Å². The van der Waals surface area contributed by atoms with Crippen molar-refractivity contribution in [3.63, 3.8) is 0 Å². The molecule has 6 rings (SSSR count). The average Bonchev–Trinajstić information content (AvgIpc) is 3.06. The fourth-order valence-electron chi connectivity index (χ4n) is 5.91. The predicted molar refractivity (Wildman–Crippen MR) is 189 cm³/mol. The van der Waals surface area contributed by atoms with E-state index in [0.29, 0.717) is 19.6 Å². The summed E-state index contributed by atoms with van der Waals surface area (Å²) in [5.41, 5.74) is 4.19. The summed E-state index contributed by atoms with van der Waals surface area (Å²) in [5.74, 6) is -1.21. The van der Waals surface area contributed by atoms with Gasteiger partial charge in [-0.3, -0.25) is 18.6 Å². The highest BCUT2D eigenvalue weighted by molar-refractivity contribution is 7.86. The highest BCUT2D eigenvalue weighted by atomic mass is 35.5. The number of piperazine rings is 1. The van der Waals surface area contributed by atoms with E-state index in [-0.39, 0.29) is 56.4 Å². The van der Waals surface area contributed by atoms with Crippen molar-refractivity contribution < 1.29 is 44.0 Å². The highest BCUT2D eigenvalue weighted by Crippen LogP contribution is 2.50. The van der Waals surface area contributed by atoms with E-state index in [9.17, 15) is 44.0 Å². The van der Waals surface area contributed by atoms with Crippen molar-refractivity contribution in [2.45, 2.75) is 14.7 Å². The predicted octanol–water partition coefficient (Wildman–Crippen LogP) is 3.26.